The highest BCUT2D eigenvalue weighted by molar-refractivity contribution is 5.70. The highest BCUT2D eigenvalue weighted by Gasteiger charge is 2.27. The summed E-state index contributed by atoms with van der Waals surface area (Å²) in [6, 6.07) is 1.31. The molecule has 0 heterocycles. The van der Waals surface area contributed by atoms with E-state index in [0.717, 1.165) is 71.1 Å². The van der Waals surface area contributed by atoms with E-state index in [4.69, 9.17) is 9.47 Å². The van der Waals surface area contributed by atoms with Crippen LogP contribution < -0.4 is 0 Å². The second-order valence-corrected chi connectivity index (χ2v) is 20.2. The van der Waals surface area contributed by atoms with Crippen molar-refractivity contribution in [3.05, 3.63) is 0 Å². The van der Waals surface area contributed by atoms with Crippen LogP contribution in [0, 0.1) is 11.8 Å². The standard InChI is InChI=1S/C55H106N2O5/c1-4-7-10-13-15-16-17-18-19-20-21-23-30-41-54(59)61-48-51(49-62-55(60)47-50(34-26-12-9-6-3)35-27-22-14-11-8-5-2)36-31-32-42-56(53-39-33-40-53)43-44-57(45-46-58)52-37-28-24-25-29-38-52/h50-53,58H,4-49H2,1-3H3. The Labute approximate surface area is 385 Å². The SMILES string of the molecule is CCCCCCCCCCCCCCCC(=O)OCC(CCCCN(CCN(CCO)C1CCCCCC1)C1CCC1)COC(=O)CC(CCCCCC)CCCCCCCC. The summed E-state index contributed by atoms with van der Waals surface area (Å²) in [7, 11) is 0. The predicted octanol–water partition coefficient (Wildman–Crippen LogP) is 14.9. The number of carbonyl (C=O) groups excluding carboxylic acids is 2. The molecule has 0 aromatic rings. The molecule has 1 N–H and O–H groups in total. The zero-order valence-corrected chi connectivity index (χ0v) is 41.8. The number of nitrogens with zero attached hydrogens (tertiary/aromatic N) is 2. The molecule has 2 fully saturated rings. The maximum atomic E-state index is 13.4. The van der Waals surface area contributed by atoms with E-state index in [0.29, 0.717) is 44.1 Å². The number of unbranched alkanes of at least 4 members (excludes halogenated alkanes) is 21. The van der Waals surface area contributed by atoms with Crippen molar-refractivity contribution in [2.75, 3.05) is 46.0 Å². The Hall–Kier alpha value is -1.18. The lowest BCUT2D eigenvalue weighted by atomic mass is 9.91. The van der Waals surface area contributed by atoms with E-state index >= 15 is 0 Å². The molecule has 7 nitrogen and oxygen atoms in total. The van der Waals surface area contributed by atoms with Gasteiger partial charge in [0.1, 0.15) is 0 Å². The van der Waals surface area contributed by atoms with Gasteiger partial charge < -0.3 is 14.6 Å². The molecule has 366 valence electrons. The van der Waals surface area contributed by atoms with Crippen molar-refractivity contribution in [3.63, 3.8) is 0 Å². The minimum atomic E-state index is -0.0901. The number of aliphatic hydroxyl groups excluding tert-OH is 1. The molecule has 2 saturated carbocycles. The summed E-state index contributed by atoms with van der Waals surface area (Å²) in [5.41, 5.74) is 0. The molecule has 0 aromatic heterocycles. The van der Waals surface area contributed by atoms with Gasteiger partial charge in [0.25, 0.3) is 0 Å². The second-order valence-electron chi connectivity index (χ2n) is 20.2. The van der Waals surface area contributed by atoms with Crippen molar-refractivity contribution in [2.45, 2.75) is 283 Å². The summed E-state index contributed by atoms with van der Waals surface area (Å²) in [5.74, 6) is 0.309. The first kappa shape index (κ1) is 56.9. The average Bonchev–Trinajstić information content (AvgIpc) is 3.55. The van der Waals surface area contributed by atoms with E-state index in [1.165, 1.54) is 193 Å². The monoisotopic (exact) mass is 875 g/mol. The molecule has 2 atom stereocenters. The van der Waals surface area contributed by atoms with Crippen LogP contribution in [0.2, 0.25) is 0 Å². The Kier molecular flexibility index (Phi) is 37.9. The van der Waals surface area contributed by atoms with Crippen LogP contribution in [0.3, 0.4) is 0 Å². The first-order valence-electron chi connectivity index (χ1n) is 27.9. The summed E-state index contributed by atoms with van der Waals surface area (Å²) in [6.45, 7) is 11.8. The van der Waals surface area contributed by atoms with Crippen molar-refractivity contribution < 1.29 is 24.2 Å². The number of esters is 2. The zero-order valence-electron chi connectivity index (χ0n) is 41.8. The minimum Gasteiger partial charge on any atom is -0.465 e. The van der Waals surface area contributed by atoms with Crippen LogP contribution in [0.15, 0.2) is 0 Å². The largest absolute Gasteiger partial charge is 0.465 e. The molecule has 62 heavy (non-hydrogen) atoms. The van der Waals surface area contributed by atoms with Gasteiger partial charge in [0.15, 0.2) is 0 Å². The molecule has 7 heteroatoms. The fourth-order valence-electron chi connectivity index (χ4n) is 10.2. The third kappa shape index (κ3) is 30.9. The minimum absolute atomic E-state index is 0.0450. The second kappa shape index (κ2) is 41.3. The molecule has 2 aliphatic carbocycles. The Bertz CT molecular complexity index is 998. The van der Waals surface area contributed by atoms with Crippen molar-refractivity contribution in [2.24, 2.45) is 11.8 Å². The van der Waals surface area contributed by atoms with Gasteiger partial charge in [-0.1, -0.05) is 201 Å². The van der Waals surface area contributed by atoms with E-state index in [-0.39, 0.29) is 24.5 Å². The van der Waals surface area contributed by atoms with Crippen LogP contribution in [0.1, 0.15) is 271 Å². The van der Waals surface area contributed by atoms with Crippen molar-refractivity contribution in [1.82, 2.24) is 9.80 Å². The number of hydrogen-bond acceptors (Lipinski definition) is 7. The van der Waals surface area contributed by atoms with Gasteiger partial charge in [0.05, 0.1) is 19.8 Å². The van der Waals surface area contributed by atoms with Gasteiger partial charge in [0, 0.05) is 50.5 Å². The van der Waals surface area contributed by atoms with E-state index in [1.807, 2.05) is 0 Å². The molecule has 0 saturated heterocycles. The lowest BCUT2D eigenvalue weighted by molar-refractivity contribution is -0.150. The molecule has 2 aliphatic rings. The number of hydrogen-bond donors (Lipinski definition) is 1. The van der Waals surface area contributed by atoms with Gasteiger partial charge >= 0.3 is 11.9 Å². The maximum absolute atomic E-state index is 13.4. The molecule has 0 bridgehead atoms. The summed E-state index contributed by atoms with van der Waals surface area (Å²) < 4.78 is 12.0. The van der Waals surface area contributed by atoms with Crippen LogP contribution in [0.5, 0.6) is 0 Å². The first-order chi connectivity index (χ1) is 30.5. The Balaban J connectivity index is 1.86. The van der Waals surface area contributed by atoms with Gasteiger partial charge in [-0.15, -0.1) is 0 Å². The summed E-state index contributed by atoms with van der Waals surface area (Å²) in [4.78, 5) is 31.7. The number of rotatable bonds is 44. The van der Waals surface area contributed by atoms with Crippen LogP contribution in [-0.4, -0.2) is 84.9 Å². The fraction of sp³-hybridized carbons (Fsp3) is 0.964. The third-order valence-corrected chi connectivity index (χ3v) is 14.6. The molecular weight excluding hydrogens is 769 g/mol. The molecule has 0 aliphatic heterocycles. The topological polar surface area (TPSA) is 79.3 Å². The van der Waals surface area contributed by atoms with Gasteiger partial charge in [-0.3, -0.25) is 19.4 Å². The molecule has 2 unspecified atom stereocenters. The van der Waals surface area contributed by atoms with E-state index in [1.54, 1.807) is 0 Å². The van der Waals surface area contributed by atoms with Crippen LogP contribution >= 0.6 is 0 Å². The molecule has 0 radical (unpaired) electrons. The Morgan fingerprint density at radius 2 is 0.855 bits per heavy atom. The highest BCUT2D eigenvalue weighted by atomic mass is 16.5. The number of aliphatic hydroxyl groups is 1. The van der Waals surface area contributed by atoms with E-state index in [2.05, 4.69) is 30.6 Å². The third-order valence-electron chi connectivity index (χ3n) is 14.6. The van der Waals surface area contributed by atoms with Gasteiger partial charge in [0.2, 0.25) is 0 Å². The summed E-state index contributed by atoms with van der Waals surface area (Å²) in [6.07, 6.45) is 47.7. The molecule has 2 rings (SSSR count). The summed E-state index contributed by atoms with van der Waals surface area (Å²) in [5, 5.41) is 9.92. The van der Waals surface area contributed by atoms with Crippen LogP contribution in [0.4, 0.5) is 0 Å². The Morgan fingerprint density at radius 3 is 1.34 bits per heavy atom. The predicted molar refractivity (Wildman–Crippen MR) is 264 cm³/mol. The van der Waals surface area contributed by atoms with Crippen molar-refractivity contribution in [1.29, 1.82) is 0 Å². The van der Waals surface area contributed by atoms with Crippen LogP contribution in [-0.2, 0) is 19.1 Å². The zero-order chi connectivity index (χ0) is 44.6. The lowest BCUT2D eigenvalue weighted by Crippen LogP contribution is -2.47. The molecule has 0 amide bonds. The van der Waals surface area contributed by atoms with Gasteiger partial charge in [-0.2, -0.15) is 0 Å². The van der Waals surface area contributed by atoms with Gasteiger partial charge in [-0.05, 0) is 70.3 Å². The highest BCUT2D eigenvalue weighted by Crippen LogP contribution is 2.27. The summed E-state index contributed by atoms with van der Waals surface area (Å²) >= 11 is 0. The average molecular weight is 875 g/mol. The number of carbonyl (C=O) groups is 2. The first-order valence-corrected chi connectivity index (χ1v) is 27.9. The number of ether oxygens (including phenoxy) is 2. The smallest absolute Gasteiger partial charge is 0.306 e. The van der Waals surface area contributed by atoms with Crippen LogP contribution in [0.25, 0.3) is 0 Å². The molecule has 0 aromatic carbocycles. The quantitative estimate of drug-likeness (QED) is 0.0371. The maximum Gasteiger partial charge on any atom is 0.306 e. The molecule has 0 spiro atoms. The lowest BCUT2D eigenvalue weighted by Gasteiger charge is -2.40. The normalized spacial score (nSPS) is 16.1. The fourth-order valence-corrected chi connectivity index (χ4v) is 10.2. The Morgan fingerprint density at radius 1 is 0.452 bits per heavy atom. The van der Waals surface area contributed by atoms with E-state index < -0.39 is 0 Å². The van der Waals surface area contributed by atoms with Gasteiger partial charge in [-0.25, -0.2) is 0 Å². The molecular formula is C55H106N2O5. The van der Waals surface area contributed by atoms with Crippen molar-refractivity contribution >= 4 is 11.9 Å². The van der Waals surface area contributed by atoms with Crippen molar-refractivity contribution in [3.8, 4) is 0 Å². The van der Waals surface area contributed by atoms with E-state index in [9.17, 15) is 14.7 Å².